The van der Waals surface area contributed by atoms with Gasteiger partial charge >= 0.3 is 0 Å². The zero-order chi connectivity index (χ0) is 21.9. The van der Waals surface area contributed by atoms with E-state index in [2.05, 4.69) is 18.7 Å². The van der Waals surface area contributed by atoms with Gasteiger partial charge in [-0.2, -0.15) is 0 Å². The lowest BCUT2D eigenvalue weighted by Gasteiger charge is -2.35. The van der Waals surface area contributed by atoms with E-state index in [1.54, 1.807) is 49.5 Å². The SMILES string of the molecule is CCCC(=O)N(C)[C@H](SCCCN(CC)CC)C(=O)N(C)[C@H](C)CC(C)(C)O. The number of hydrogen-bond acceptors (Lipinski definition) is 5. The van der Waals surface area contributed by atoms with E-state index in [-0.39, 0.29) is 17.9 Å². The molecule has 0 saturated carbocycles. The fourth-order valence-corrected chi connectivity index (χ4v) is 4.31. The minimum atomic E-state index is -0.843. The summed E-state index contributed by atoms with van der Waals surface area (Å²) in [5, 5.41) is 9.56. The first-order chi connectivity index (χ1) is 13.0. The molecular formula is C21H43N3O3S. The van der Waals surface area contributed by atoms with E-state index >= 15 is 0 Å². The Morgan fingerprint density at radius 3 is 2.11 bits per heavy atom. The molecule has 0 aliphatic rings. The predicted octanol–water partition coefficient (Wildman–Crippen LogP) is 3.04. The van der Waals surface area contributed by atoms with E-state index in [9.17, 15) is 14.7 Å². The third-order valence-corrected chi connectivity index (χ3v) is 6.37. The summed E-state index contributed by atoms with van der Waals surface area (Å²) in [7, 11) is 3.49. The highest BCUT2D eigenvalue weighted by Gasteiger charge is 2.32. The number of hydrogen-bond donors (Lipinski definition) is 1. The van der Waals surface area contributed by atoms with Crippen molar-refractivity contribution >= 4 is 23.6 Å². The van der Waals surface area contributed by atoms with Crippen LogP contribution in [0.3, 0.4) is 0 Å². The van der Waals surface area contributed by atoms with Gasteiger partial charge in [0.25, 0.3) is 5.91 Å². The van der Waals surface area contributed by atoms with E-state index in [1.165, 1.54) is 0 Å². The average molecular weight is 418 g/mol. The number of carbonyl (C=O) groups is 2. The van der Waals surface area contributed by atoms with Crippen molar-refractivity contribution in [3.63, 3.8) is 0 Å². The Morgan fingerprint density at radius 2 is 1.64 bits per heavy atom. The zero-order valence-corrected chi connectivity index (χ0v) is 20.1. The quantitative estimate of drug-likeness (QED) is 0.348. The first-order valence-corrected chi connectivity index (χ1v) is 11.6. The van der Waals surface area contributed by atoms with Gasteiger partial charge in [-0.1, -0.05) is 20.8 Å². The van der Waals surface area contributed by atoms with Crippen molar-refractivity contribution in [1.29, 1.82) is 0 Å². The molecule has 0 spiro atoms. The zero-order valence-electron chi connectivity index (χ0n) is 19.3. The van der Waals surface area contributed by atoms with Gasteiger partial charge in [0.1, 0.15) is 0 Å². The average Bonchev–Trinajstić information content (AvgIpc) is 2.62. The monoisotopic (exact) mass is 417 g/mol. The van der Waals surface area contributed by atoms with Gasteiger partial charge in [0.15, 0.2) is 5.37 Å². The molecule has 0 aliphatic heterocycles. The molecule has 0 fully saturated rings. The van der Waals surface area contributed by atoms with E-state index in [1.807, 2.05) is 13.8 Å². The highest BCUT2D eigenvalue weighted by Crippen LogP contribution is 2.22. The molecule has 0 aliphatic carbocycles. The van der Waals surface area contributed by atoms with Crippen LogP contribution in [-0.4, -0.2) is 88.1 Å². The van der Waals surface area contributed by atoms with Crippen LogP contribution in [-0.2, 0) is 9.59 Å². The number of nitrogens with zero attached hydrogens (tertiary/aromatic N) is 3. The first kappa shape index (κ1) is 27.2. The summed E-state index contributed by atoms with van der Waals surface area (Å²) < 4.78 is 0. The summed E-state index contributed by atoms with van der Waals surface area (Å²) in [6, 6.07) is -0.110. The van der Waals surface area contributed by atoms with E-state index in [4.69, 9.17) is 0 Å². The molecule has 0 unspecified atom stereocenters. The molecule has 0 rings (SSSR count). The van der Waals surface area contributed by atoms with Gasteiger partial charge in [0.05, 0.1) is 5.60 Å². The molecule has 2 amide bonds. The third kappa shape index (κ3) is 10.1. The second-order valence-corrected chi connectivity index (χ2v) is 9.36. The summed E-state index contributed by atoms with van der Waals surface area (Å²) >= 11 is 1.54. The van der Waals surface area contributed by atoms with Crippen LogP contribution in [0.5, 0.6) is 0 Å². The van der Waals surface area contributed by atoms with Gasteiger partial charge in [-0.3, -0.25) is 9.59 Å². The number of thioether (sulfide) groups is 1. The molecule has 28 heavy (non-hydrogen) atoms. The minimum absolute atomic E-state index is 0.000587. The van der Waals surface area contributed by atoms with Crippen LogP contribution in [0.2, 0.25) is 0 Å². The largest absolute Gasteiger partial charge is 0.390 e. The molecule has 0 aromatic rings. The second kappa shape index (κ2) is 13.4. The fourth-order valence-electron chi connectivity index (χ4n) is 3.14. The maximum absolute atomic E-state index is 13.2. The van der Waals surface area contributed by atoms with Crippen molar-refractivity contribution in [2.45, 2.75) is 84.2 Å². The Labute approximate surface area is 177 Å². The molecule has 6 nitrogen and oxygen atoms in total. The number of carbonyl (C=O) groups excluding carboxylic acids is 2. The number of amides is 2. The Balaban J connectivity index is 5.10. The maximum atomic E-state index is 13.2. The standard InChI is InChI=1S/C21H43N3O3S/c1-9-13-18(25)23(8)20(28-15-12-14-24(10-2)11-3)19(26)22(7)17(4)16-21(5,6)27/h17,20,27H,9-16H2,1-8H3/t17-,20-/m1/s1. The molecule has 0 heterocycles. The normalized spacial score (nSPS) is 14.1. The van der Waals surface area contributed by atoms with Crippen molar-refractivity contribution in [3.05, 3.63) is 0 Å². The van der Waals surface area contributed by atoms with E-state index < -0.39 is 11.0 Å². The van der Waals surface area contributed by atoms with Crippen LogP contribution >= 0.6 is 11.8 Å². The molecule has 166 valence electrons. The van der Waals surface area contributed by atoms with E-state index in [0.29, 0.717) is 12.8 Å². The predicted molar refractivity (Wildman–Crippen MR) is 119 cm³/mol. The highest BCUT2D eigenvalue weighted by molar-refractivity contribution is 8.00. The van der Waals surface area contributed by atoms with Crippen molar-refractivity contribution in [3.8, 4) is 0 Å². The summed E-state index contributed by atoms with van der Waals surface area (Å²) in [6.07, 6.45) is 2.68. The molecule has 0 saturated heterocycles. The van der Waals surface area contributed by atoms with Crippen LogP contribution in [0.15, 0.2) is 0 Å². The molecular weight excluding hydrogens is 374 g/mol. The fraction of sp³-hybridized carbons (Fsp3) is 0.905. The van der Waals surface area contributed by atoms with Crippen molar-refractivity contribution < 1.29 is 14.7 Å². The van der Waals surface area contributed by atoms with Crippen molar-refractivity contribution in [2.24, 2.45) is 0 Å². The van der Waals surface area contributed by atoms with Gasteiger partial charge in [-0.05, 0) is 65.4 Å². The van der Waals surface area contributed by atoms with Gasteiger partial charge in [-0.15, -0.1) is 11.8 Å². The van der Waals surface area contributed by atoms with E-state index in [0.717, 1.165) is 38.2 Å². The molecule has 1 N–H and O–H groups in total. The van der Waals surface area contributed by atoms with Gasteiger partial charge in [0, 0.05) is 26.6 Å². The Bertz CT molecular complexity index is 464. The lowest BCUT2D eigenvalue weighted by atomic mass is 9.99. The molecule has 0 aromatic carbocycles. The molecule has 0 bridgehead atoms. The lowest BCUT2D eigenvalue weighted by molar-refractivity contribution is -0.141. The summed E-state index contributed by atoms with van der Waals surface area (Å²) in [4.78, 5) is 31.3. The van der Waals surface area contributed by atoms with Crippen LogP contribution < -0.4 is 0 Å². The van der Waals surface area contributed by atoms with Gasteiger partial charge in [0.2, 0.25) is 5.91 Å². The third-order valence-electron chi connectivity index (χ3n) is 5.01. The van der Waals surface area contributed by atoms with Gasteiger partial charge in [-0.25, -0.2) is 0 Å². The molecule has 0 radical (unpaired) electrons. The van der Waals surface area contributed by atoms with Crippen LogP contribution in [0.1, 0.15) is 67.2 Å². The maximum Gasteiger partial charge on any atom is 0.255 e. The van der Waals surface area contributed by atoms with Crippen molar-refractivity contribution in [2.75, 3.05) is 39.5 Å². The summed E-state index contributed by atoms with van der Waals surface area (Å²) in [6.45, 7) is 14.8. The topological polar surface area (TPSA) is 64.1 Å². The highest BCUT2D eigenvalue weighted by atomic mass is 32.2. The summed E-state index contributed by atoms with van der Waals surface area (Å²) in [5.41, 5.74) is -0.843. The molecule has 7 heteroatoms. The van der Waals surface area contributed by atoms with Crippen molar-refractivity contribution in [1.82, 2.24) is 14.7 Å². The van der Waals surface area contributed by atoms with Crippen LogP contribution in [0.25, 0.3) is 0 Å². The number of likely N-dealkylation sites (N-methyl/N-ethyl adjacent to an activating group) is 2. The first-order valence-electron chi connectivity index (χ1n) is 10.6. The second-order valence-electron chi connectivity index (χ2n) is 8.17. The minimum Gasteiger partial charge on any atom is -0.390 e. The Morgan fingerprint density at radius 1 is 1.07 bits per heavy atom. The number of aliphatic hydroxyl groups is 1. The summed E-state index contributed by atoms with van der Waals surface area (Å²) in [5.74, 6) is 0.752. The van der Waals surface area contributed by atoms with Gasteiger partial charge < -0.3 is 19.8 Å². The Hall–Kier alpha value is -0.790. The Kier molecular flexibility index (Phi) is 13.1. The van der Waals surface area contributed by atoms with Crippen LogP contribution in [0, 0.1) is 0 Å². The molecule has 0 aromatic heterocycles. The van der Waals surface area contributed by atoms with Crippen LogP contribution in [0.4, 0.5) is 0 Å². The lowest BCUT2D eigenvalue weighted by Crippen LogP contribution is -2.50. The molecule has 2 atom stereocenters. The number of rotatable bonds is 14. The smallest absolute Gasteiger partial charge is 0.255 e.